The molecule has 1 saturated heterocycles. The van der Waals surface area contributed by atoms with Gasteiger partial charge in [0, 0.05) is 30.8 Å². The van der Waals surface area contributed by atoms with Crippen LogP contribution in [-0.4, -0.2) is 50.7 Å². The average Bonchev–Trinajstić information content (AvgIpc) is 3.23. The van der Waals surface area contributed by atoms with E-state index in [2.05, 4.69) is 15.5 Å². The zero-order chi connectivity index (χ0) is 17.8. The molecule has 1 N–H and O–H groups in total. The maximum absolute atomic E-state index is 13.8. The Balaban J connectivity index is 1.64. The number of carbonyl (C=O) groups is 2. The van der Waals surface area contributed by atoms with Crippen molar-refractivity contribution in [2.45, 2.75) is 25.6 Å². The number of hydrogen-bond acceptors (Lipinski definition) is 4. The van der Waals surface area contributed by atoms with Gasteiger partial charge in [-0.2, -0.15) is 0 Å². The second-order valence-corrected chi connectivity index (χ2v) is 5.86. The average molecular weight is 349 g/mol. The second kappa shape index (κ2) is 7.37. The Morgan fingerprint density at radius 1 is 1.24 bits per heavy atom. The number of nitrogens with one attached hydrogen (secondary N) is 1. The number of halogens is 2. The molecule has 1 aromatic carbocycles. The zero-order valence-corrected chi connectivity index (χ0v) is 13.4. The van der Waals surface area contributed by atoms with Crippen molar-refractivity contribution in [1.82, 2.24) is 19.7 Å². The van der Waals surface area contributed by atoms with Crippen molar-refractivity contribution >= 4 is 17.5 Å². The fraction of sp³-hybridized carbons (Fsp3) is 0.375. The van der Waals surface area contributed by atoms with Gasteiger partial charge < -0.3 is 14.8 Å². The quantitative estimate of drug-likeness (QED) is 0.890. The van der Waals surface area contributed by atoms with E-state index in [0.29, 0.717) is 13.1 Å². The van der Waals surface area contributed by atoms with Crippen LogP contribution in [0.4, 0.5) is 14.5 Å². The highest BCUT2D eigenvalue weighted by atomic mass is 19.1. The monoisotopic (exact) mass is 349 g/mol. The van der Waals surface area contributed by atoms with Crippen LogP contribution < -0.4 is 5.32 Å². The van der Waals surface area contributed by atoms with Crippen molar-refractivity contribution in [3.05, 3.63) is 42.2 Å². The molecule has 9 heteroatoms. The molecule has 132 valence electrons. The summed E-state index contributed by atoms with van der Waals surface area (Å²) in [6, 6.07) is 3.61. The summed E-state index contributed by atoms with van der Waals surface area (Å²) >= 11 is 0. The van der Waals surface area contributed by atoms with Crippen molar-refractivity contribution < 1.29 is 18.4 Å². The van der Waals surface area contributed by atoms with E-state index in [1.165, 1.54) is 23.6 Å². The van der Waals surface area contributed by atoms with Crippen LogP contribution in [0.3, 0.4) is 0 Å². The molecule has 0 radical (unpaired) electrons. The van der Waals surface area contributed by atoms with Crippen LogP contribution in [0.2, 0.25) is 0 Å². The second-order valence-electron chi connectivity index (χ2n) is 5.86. The molecule has 1 atom stereocenters. The van der Waals surface area contributed by atoms with Crippen LogP contribution in [0.5, 0.6) is 0 Å². The van der Waals surface area contributed by atoms with Crippen molar-refractivity contribution in [2.24, 2.45) is 0 Å². The van der Waals surface area contributed by atoms with E-state index in [1.54, 1.807) is 4.57 Å². The number of nitrogens with zero attached hydrogens (tertiary/aromatic N) is 4. The largest absolute Gasteiger partial charge is 0.336 e. The highest BCUT2D eigenvalue weighted by Gasteiger charge is 2.27. The molecular weight excluding hydrogens is 332 g/mol. The third kappa shape index (κ3) is 4.37. The van der Waals surface area contributed by atoms with Gasteiger partial charge >= 0.3 is 0 Å². The number of rotatable bonds is 5. The number of aryl methyl sites for hydroxylation is 1. The van der Waals surface area contributed by atoms with E-state index >= 15 is 0 Å². The Hall–Kier alpha value is -2.84. The molecule has 0 unspecified atom stereocenters. The van der Waals surface area contributed by atoms with Gasteiger partial charge in [0.1, 0.15) is 24.6 Å². The lowest BCUT2D eigenvalue weighted by atomic mass is 10.1. The standard InChI is InChI=1S/C16H17F2N5O2/c17-12-1-4-23(8-12)16(25)11-5-13(18)7-14(6-11)21-15(24)2-3-22-9-19-20-10-22/h5-7,9-10,12H,1-4,8H2,(H,21,24)/t12-/m1/s1. The summed E-state index contributed by atoms with van der Waals surface area (Å²) in [5, 5.41) is 9.83. The first kappa shape index (κ1) is 17.0. The number of amides is 2. The van der Waals surface area contributed by atoms with Crippen molar-refractivity contribution in [2.75, 3.05) is 18.4 Å². The Morgan fingerprint density at radius 3 is 2.68 bits per heavy atom. The predicted octanol–water partition coefficient (Wildman–Crippen LogP) is 1.63. The summed E-state index contributed by atoms with van der Waals surface area (Å²) < 4.78 is 28.7. The van der Waals surface area contributed by atoms with E-state index < -0.39 is 17.9 Å². The van der Waals surface area contributed by atoms with E-state index in [-0.39, 0.29) is 36.5 Å². The first-order chi connectivity index (χ1) is 12.0. The Labute approximate surface area is 142 Å². The van der Waals surface area contributed by atoms with E-state index in [0.717, 1.165) is 12.1 Å². The Morgan fingerprint density at radius 2 is 2.00 bits per heavy atom. The normalized spacial score (nSPS) is 16.9. The van der Waals surface area contributed by atoms with Crippen LogP contribution in [0.15, 0.2) is 30.9 Å². The molecular formula is C16H17F2N5O2. The van der Waals surface area contributed by atoms with Crippen LogP contribution in [0, 0.1) is 5.82 Å². The molecule has 1 aromatic heterocycles. The van der Waals surface area contributed by atoms with Crippen LogP contribution in [0.25, 0.3) is 0 Å². The summed E-state index contributed by atoms with van der Waals surface area (Å²) in [5.41, 5.74) is 0.274. The fourth-order valence-electron chi connectivity index (χ4n) is 2.66. The highest BCUT2D eigenvalue weighted by molar-refractivity contribution is 5.97. The lowest BCUT2D eigenvalue weighted by molar-refractivity contribution is -0.116. The molecule has 0 spiro atoms. The number of benzene rings is 1. The van der Waals surface area contributed by atoms with Crippen molar-refractivity contribution in [1.29, 1.82) is 0 Å². The number of carbonyl (C=O) groups excluding carboxylic acids is 2. The smallest absolute Gasteiger partial charge is 0.254 e. The lowest BCUT2D eigenvalue weighted by Crippen LogP contribution is -2.29. The van der Waals surface area contributed by atoms with E-state index in [9.17, 15) is 18.4 Å². The number of likely N-dealkylation sites (tertiary alicyclic amines) is 1. The van der Waals surface area contributed by atoms with Gasteiger partial charge in [0.2, 0.25) is 5.91 Å². The van der Waals surface area contributed by atoms with Gasteiger partial charge in [0.25, 0.3) is 5.91 Å². The molecule has 0 aliphatic carbocycles. The summed E-state index contributed by atoms with van der Waals surface area (Å²) in [6.07, 6.45) is 2.36. The number of anilines is 1. The topological polar surface area (TPSA) is 80.1 Å². The van der Waals surface area contributed by atoms with Crippen molar-refractivity contribution in [3.63, 3.8) is 0 Å². The molecule has 1 fully saturated rings. The number of aromatic nitrogens is 3. The zero-order valence-electron chi connectivity index (χ0n) is 13.4. The third-order valence-corrected chi connectivity index (χ3v) is 3.91. The molecule has 2 aromatic rings. The van der Waals surface area contributed by atoms with Gasteiger partial charge in [0.15, 0.2) is 0 Å². The van der Waals surface area contributed by atoms with Gasteiger partial charge in [0.05, 0.1) is 6.54 Å². The molecule has 3 rings (SSSR count). The molecule has 25 heavy (non-hydrogen) atoms. The predicted molar refractivity (Wildman–Crippen MR) is 85.1 cm³/mol. The summed E-state index contributed by atoms with van der Waals surface area (Å²) in [6.45, 7) is 0.693. The summed E-state index contributed by atoms with van der Waals surface area (Å²) in [7, 11) is 0. The number of alkyl halides is 1. The van der Waals surface area contributed by atoms with Gasteiger partial charge in [-0.3, -0.25) is 9.59 Å². The van der Waals surface area contributed by atoms with Crippen LogP contribution in [-0.2, 0) is 11.3 Å². The summed E-state index contributed by atoms with van der Waals surface area (Å²) in [4.78, 5) is 25.6. The van der Waals surface area contributed by atoms with Crippen molar-refractivity contribution in [3.8, 4) is 0 Å². The fourth-order valence-corrected chi connectivity index (χ4v) is 2.66. The molecule has 1 aliphatic heterocycles. The van der Waals surface area contributed by atoms with Gasteiger partial charge in [-0.05, 0) is 24.6 Å². The van der Waals surface area contributed by atoms with Crippen LogP contribution >= 0.6 is 0 Å². The minimum Gasteiger partial charge on any atom is -0.336 e. The molecule has 2 amide bonds. The van der Waals surface area contributed by atoms with E-state index in [4.69, 9.17) is 0 Å². The molecule has 7 nitrogen and oxygen atoms in total. The Bertz CT molecular complexity index is 766. The SMILES string of the molecule is O=C(CCn1cnnc1)Nc1cc(F)cc(C(=O)N2CC[C@@H](F)C2)c1. The molecule has 2 heterocycles. The highest BCUT2D eigenvalue weighted by Crippen LogP contribution is 2.20. The summed E-state index contributed by atoms with van der Waals surface area (Å²) in [5.74, 6) is -1.42. The maximum Gasteiger partial charge on any atom is 0.254 e. The first-order valence-electron chi connectivity index (χ1n) is 7.87. The first-order valence-corrected chi connectivity index (χ1v) is 7.87. The minimum atomic E-state index is -1.05. The van der Waals surface area contributed by atoms with Gasteiger partial charge in [-0.1, -0.05) is 0 Å². The van der Waals surface area contributed by atoms with Crippen LogP contribution in [0.1, 0.15) is 23.2 Å². The number of hydrogen-bond donors (Lipinski definition) is 1. The van der Waals surface area contributed by atoms with Gasteiger partial charge in [-0.25, -0.2) is 8.78 Å². The minimum absolute atomic E-state index is 0.00990. The lowest BCUT2D eigenvalue weighted by Gasteiger charge is -2.16. The van der Waals surface area contributed by atoms with Gasteiger partial charge in [-0.15, -0.1) is 10.2 Å². The Kier molecular flexibility index (Phi) is 5.01. The molecule has 0 bridgehead atoms. The maximum atomic E-state index is 13.8. The molecule has 1 aliphatic rings. The van der Waals surface area contributed by atoms with E-state index in [1.807, 2.05) is 0 Å². The third-order valence-electron chi connectivity index (χ3n) is 3.91. The molecule has 0 saturated carbocycles.